The van der Waals surface area contributed by atoms with Crippen molar-refractivity contribution in [2.45, 2.75) is 51.4 Å². The fourth-order valence-electron chi connectivity index (χ4n) is 3.39. The van der Waals surface area contributed by atoms with Gasteiger partial charge in [0.05, 0.1) is 7.11 Å². The SMILES string of the molecule is COc1ccccc1C1(CNC(=O)CC(C)C)CCCC1. The molecular formula is C18H27NO2. The standard InChI is InChI=1S/C18H27NO2/c1-14(2)12-17(20)19-13-18(10-6-7-11-18)15-8-4-5-9-16(15)21-3/h4-5,8-9,14H,6-7,10-13H2,1-3H3,(H,19,20). The Kier molecular flexibility index (Phi) is 5.27. The molecule has 0 atom stereocenters. The molecule has 1 amide bonds. The number of benzene rings is 1. The first kappa shape index (κ1) is 15.9. The third kappa shape index (κ3) is 3.78. The Morgan fingerprint density at radius 3 is 2.57 bits per heavy atom. The van der Waals surface area contributed by atoms with Crippen molar-refractivity contribution in [2.24, 2.45) is 5.92 Å². The van der Waals surface area contributed by atoms with Crippen LogP contribution in [0.5, 0.6) is 5.75 Å². The van der Waals surface area contributed by atoms with Gasteiger partial charge in [0.1, 0.15) is 5.75 Å². The normalized spacial score (nSPS) is 17.0. The Labute approximate surface area is 128 Å². The topological polar surface area (TPSA) is 38.3 Å². The first-order valence-electron chi connectivity index (χ1n) is 7.97. The second kappa shape index (κ2) is 6.97. The van der Waals surface area contributed by atoms with Crippen LogP contribution in [-0.4, -0.2) is 19.6 Å². The van der Waals surface area contributed by atoms with Crippen molar-refractivity contribution in [3.05, 3.63) is 29.8 Å². The predicted octanol–water partition coefficient (Wildman–Crippen LogP) is 3.67. The van der Waals surface area contributed by atoms with Crippen molar-refractivity contribution >= 4 is 5.91 Å². The molecule has 3 nitrogen and oxygen atoms in total. The first-order chi connectivity index (χ1) is 10.1. The summed E-state index contributed by atoms with van der Waals surface area (Å²) in [4.78, 5) is 12.0. The number of para-hydroxylation sites is 1. The van der Waals surface area contributed by atoms with Gasteiger partial charge >= 0.3 is 0 Å². The van der Waals surface area contributed by atoms with E-state index >= 15 is 0 Å². The molecule has 1 saturated carbocycles. The van der Waals surface area contributed by atoms with Crippen molar-refractivity contribution in [1.29, 1.82) is 0 Å². The highest BCUT2D eigenvalue weighted by atomic mass is 16.5. The summed E-state index contributed by atoms with van der Waals surface area (Å²) in [7, 11) is 1.72. The number of amides is 1. The van der Waals surface area contributed by atoms with Gasteiger partial charge in [-0.3, -0.25) is 4.79 Å². The highest BCUT2D eigenvalue weighted by Gasteiger charge is 2.37. The summed E-state index contributed by atoms with van der Waals surface area (Å²) in [6.45, 7) is 4.87. The van der Waals surface area contributed by atoms with Crippen LogP contribution in [0.25, 0.3) is 0 Å². The number of carbonyl (C=O) groups excluding carboxylic acids is 1. The zero-order valence-electron chi connectivity index (χ0n) is 13.4. The second-order valence-corrected chi connectivity index (χ2v) is 6.56. The highest BCUT2D eigenvalue weighted by molar-refractivity contribution is 5.76. The minimum absolute atomic E-state index is 0.0409. The summed E-state index contributed by atoms with van der Waals surface area (Å²) >= 11 is 0. The van der Waals surface area contributed by atoms with Crippen molar-refractivity contribution in [3.8, 4) is 5.75 Å². The summed E-state index contributed by atoms with van der Waals surface area (Å²) in [5, 5.41) is 3.15. The smallest absolute Gasteiger partial charge is 0.220 e. The Balaban J connectivity index is 2.15. The number of rotatable bonds is 6. The molecular weight excluding hydrogens is 262 g/mol. The molecule has 0 radical (unpaired) electrons. The van der Waals surface area contributed by atoms with E-state index in [1.807, 2.05) is 12.1 Å². The van der Waals surface area contributed by atoms with Crippen LogP contribution >= 0.6 is 0 Å². The predicted molar refractivity (Wildman–Crippen MR) is 85.6 cm³/mol. The van der Waals surface area contributed by atoms with Gasteiger partial charge in [0.25, 0.3) is 0 Å². The number of methoxy groups -OCH3 is 1. The van der Waals surface area contributed by atoms with Gasteiger partial charge in [0.15, 0.2) is 0 Å². The van der Waals surface area contributed by atoms with E-state index in [0.717, 1.165) is 25.1 Å². The van der Waals surface area contributed by atoms with Crippen molar-refractivity contribution in [1.82, 2.24) is 5.32 Å². The lowest BCUT2D eigenvalue weighted by atomic mass is 9.78. The van der Waals surface area contributed by atoms with Crippen LogP contribution < -0.4 is 10.1 Å². The van der Waals surface area contributed by atoms with Crippen LogP contribution in [0.4, 0.5) is 0 Å². The summed E-state index contributed by atoms with van der Waals surface area (Å²) < 4.78 is 5.54. The zero-order chi connectivity index (χ0) is 15.3. The van der Waals surface area contributed by atoms with Gasteiger partial charge in [0.2, 0.25) is 5.91 Å². The number of carbonyl (C=O) groups is 1. The van der Waals surface area contributed by atoms with Crippen LogP contribution in [0.3, 0.4) is 0 Å². The Morgan fingerprint density at radius 1 is 1.29 bits per heavy atom. The molecule has 1 aromatic rings. The van der Waals surface area contributed by atoms with Crippen LogP contribution in [0.15, 0.2) is 24.3 Å². The summed E-state index contributed by atoms with van der Waals surface area (Å²) in [5.74, 6) is 1.50. The average molecular weight is 289 g/mol. The van der Waals surface area contributed by atoms with E-state index in [1.54, 1.807) is 7.11 Å². The largest absolute Gasteiger partial charge is 0.496 e. The molecule has 0 aromatic heterocycles. The fraction of sp³-hybridized carbons (Fsp3) is 0.611. The van der Waals surface area contributed by atoms with Gasteiger partial charge in [-0.25, -0.2) is 0 Å². The van der Waals surface area contributed by atoms with E-state index in [9.17, 15) is 4.79 Å². The highest BCUT2D eigenvalue weighted by Crippen LogP contribution is 2.44. The van der Waals surface area contributed by atoms with Gasteiger partial charge in [-0.15, -0.1) is 0 Å². The molecule has 1 aliphatic rings. The van der Waals surface area contributed by atoms with Crippen molar-refractivity contribution in [2.75, 3.05) is 13.7 Å². The molecule has 21 heavy (non-hydrogen) atoms. The fourth-order valence-corrected chi connectivity index (χ4v) is 3.39. The molecule has 2 rings (SSSR count). The third-order valence-corrected chi connectivity index (χ3v) is 4.46. The molecule has 1 aliphatic carbocycles. The maximum Gasteiger partial charge on any atom is 0.220 e. The quantitative estimate of drug-likeness (QED) is 0.867. The number of ether oxygens (including phenoxy) is 1. The Bertz CT molecular complexity index is 476. The molecule has 116 valence electrons. The lowest BCUT2D eigenvalue weighted by molar-refractivity contribution is -0.122. The van der Waals surface area contributed by atoms with Gasteiger partial charge in [-0.2, -0.15) is 0 Å². The van der Waals surface area contributed by atoms with E-state index in [-0.39, 0.29) is 11.3 Å². The maximum absolute atomic E-state index is 12.0. The van der Waals surface area contributed by atoms with Crippen LogP contribution in [0.2, 0.25) is 0 Å². The maximum atomic E-state index is 12.0. The third-order valence-electron chi connectivity index (χ3n) is 4.46. The van der Waals surface area contributed by atoms with Gasteiger partial charge in [-0.05, 0) is 24.8 Å². The molecule has 0 aliphatic heterocycles. The number of nitrogens with one attached hydrogen (secondary N) is 1. The van der Waals surface area contributed by atoms with Gasteiger partial charge < -0.3 is 10.1 Å². The van der Waals surface area contributed by atoms with Gasteiger partial charge in [0, 0.05) is 23.9 Å². The van der Waals surface area contributed by atoms with E-state index in [2.05, 4.69) is 31.3 Å². The molecule has 1 N–H and O–H groups in total. The molecule has 3 heteroatoms. The minimum Gasteiger partial charge on any atom is -0.496 e. The van der Waals surface area contributed by atoms with Crippen molar-refractivity contribution < 1.29 is 9.53 Å². The lowest BCUT2D eigenvalue weighted by Crippen LogP contribution is -2.39. The van der Waals surface area contributed by atoms with Crippen molar-refractivity contribution in [3.63, 3.8) is 0 Å². The molecule has 0 unspecified atom stereocenters. The number of hydrogen-bond donors (Lipinski definition) is 1. The van der Waals surface area contributed by atoms with Gasteiger partial charge in [-0.1, -0.05) is 44.9 Å². The zero-order valence-corrected chi connectivity index (χ0v) is 13.4. The monoisotopic (exact) mass is 289 g/mol. The lowest BCUT2D eigenvalue weighted by Gasteiger charge is -2.31. The first-order valence-corrected chi connectivity index (χ1v) is 7.97. The average Bonchev–Trinajstić information content (AvgIpc) is 2.94. The number of hydrogen-bond acceptors (Lipinski definition) is 2. The molecule has 0 bridgehead atoms. The summed E-state index contributed by atoms with van der Waals surface area (Å²) in [6, 6.07) is 8.24. The van der Waals surface area contributed by atoms with E-state index in [0.29, 0.717) is 12.3 Å². The Morgan fingerprint density at radius 2 is 1.95 bits per heavy atom. The van der Waals surface area contributed by atoms with Crippen LogP contribution in [0.1, 0.15) is 51.5 Å². The molecule has 1 aromatic carbocycles. The van der Waals surface area contributed by atoms with E-state index < -0.39 is 0 Å². The Hall–Kier alpha value is -1.51. The summed E-state index contributed by atoms with van der Waals surface area (Å²) in [6.07, 6.45) is 5.28. The molecule has 0 saturated heterocycles. The molecule has 0 spiro atoms. The molecule has 0 heterocycles. The summed E-state index contributed by atoms with van der Waals surface area (Å²) in [5.41, 5.74) is 1.29. The second-order valence-electron chi connectivity index (χ2n) is 6.56. The van der Waals surface area contributed by atoms with E-state index in [4.69, 9.17) is 4.74 Å². The van der Waals surface area contributed by atoms with Crippen LogP contribution in [0, 0.1) is 5.92 Å². The minimum atomic E-state index is 0.0409. The molecule has 1 fully saturated rings. The van der Waals surface area contributed by atoms with E-state index in [1.165, 1.54) is 18.4 Å². The van der Waals surface area contributed by atoms with Crippen LogP contribution in [-0.2, 0) is 10.2 Å².